The molecule has 0 spiro atoms. The molecule has 144 valence electrons. The van der Waals surface area contributed by atoms with Crippen LogP contribution in [-0.2, 0) is 21.5 Å². The van der Waals surface area contributed by atoms with Crippen molar-refractivity contribution in [2.24, 2.45) is 0 Å². The van der Waals surface area contributed by atoms with Crippen LogP contribution in [0.3, 0.4) is 0 Å². The van der Waals surface area contributed by atoms with Gasteiger partial charge in [-0.2, -0.15) is 0 Å². The van der Waals surface area contributed by atoms with Crippen LogP contribution in [0.1, 0.15) is 50.8 Å². The van der Waals surface area contributed by atoms with Gasteiger partial charge in [0.15, 0.2) is 0 Å². The highest BCUT2D eigenvalue weighted by Crippen LogP contribution is 2.32. The average Bonchev–Trinajstić information content (AvgIpc) is 2.59. The molecule has 0 bridgehead atoms. The van der Waals surface area contributed by atoms with E-state index >= 15 is 0 Å². The molecule has 0 heterocycles. The summed E-state index contributed by atoms with van der Waals surface area (Å²) in [7, 11) is 0. The van der Waals surface area contributed by atoms with Gasteiger partial charge < -0.3 is 10.2 Å². The number of hydrogen-bond acceptors (Lipinski definition) is 2. The summed E-state index contributed by atoms with van der Waals surface area (Å²) < 4.78 is 0. The van der Waals surface area contributed by atoms with Gasteiger partial charge in [0.1, 0.15) is 0 Å². The molecule has 0 unspecified atom stereocenters. The van der Waals surface area contributed by atoms with E-state index in [2.05, 4.69) is 32.2 Å². The molecule has 0 saturated heterocycles. The maximum atomic E-state index is 12.3. The predicted molar refractivity (Wildman–Crippen MR) is 111 cm³/mol. The molecule has 2 aromatic rings. The summed E-state index contributed by atoms with van der Waals surface area (Å²) in [5.74, 6) is -0.116. The summed E-state index contributed by atoms with van der Waals surface area (Å²) in [6.45, 7) is 10.8. The van der Waals surface area contributed by atoms with Gasteiger partial charge >= 0.3 is 0 Å². The van der Waals surface area contributed by atoms with Crippen molar-refractivity contribution in [1.29, 1.82) is 0 Å². The zero-order valence-corrected chi connectivity index (χ0v) is 17.0. The van der Waals surface area contributed by atoms with Crippen LogP contribution in [0.2, 0.25) is 0 Å². The Morgan fingerprint density at radius 1 is 1.04 bits per heavy atom. The van der Waals surface area contributed by atoms with E-state index in [9.17, 15) is 9.59 Å². The Kier molecular flexibility index (Phi) is 6.78. The quantitative estimate of drug-likeness (QED) is 0.826. The maximum Gasteiger partial charge on any atom is 0.223 e. The second-order valence-electron chi connectivity index (χ2n) is 7.95. The van der Waals surface area contributed by atoms with Gasteiger partial charge in [0, 0.05) is 32.1 Å². The van der Waals surface area contributed by atoms with E-state index in [0.717, 1.165) is 16.8 Å². The highest BCUT2D eigenvalue weighted by Gasteiger charge is 2.23. The Morgan fingerprint density at radius 3 is 2.37 bits per heavy atom. The van der Waals surface area contributed by atoms with Gasteiger partial charge in [-0.15, -0.1) is 0 Å². The number of nitrogens with zero attached hydrogens (tertiary/aromatic N) is 1. The molecule has 2 aromatic carbocycles. The molecule has 0 aliphatic carbocycles. The highest BCUT2D eigenvalue weighted by molar-refractivity contribution is 5.93. The van der Waals surface area contributed by atoms with E-state index in [0.29, 0.717) is 13.1 Å². The Labute approximate surface area is 162 Å². The van der Waals surface area contributed by atoms with E-state index in [-0.39, 0.29) is 23.7 Å². The van der Waals surface area contributed by atoms with Crippen LogP contribution in [0, 0.1) is 6.92 Å². The molecular weight excluding hydrogens is 336 g/mol. The lowest BCUT2D eigenvalue weighted by atomic mass is 9.85. The number of amides is 2. The first-order valence-corrected chi connectivity index (χ1v) is 9.38. The van der Waals surface area contributed by atoms with Crippen LogP contribution in [0.25, 0.3) is 0 Å². The second-order valence-corrected chi connectivity index (χ2v) is 7.95. The lowest BCUT2D eigenvalue weighted by Crippen LogP contribution is -2.35. The van der Waals surface area contributed by atoms with Crippen LogP contribution in [0.4, 0.5) is 5.69 Å². The van der Waals surface area contributed by atoms with Crippen LogP contribution in [0.15, 0.2) is 48.5 Å². The Bertz CT molecular complexity index is 806. The van der Waals surface area contributed by atoms with Crippen molar-refractivity contribution in [2.45, 2.75) is 53.0 Å². The molecule has 0 radical (unpaired) electrons. The first kappa shape index (κ1) is 20.7. The minimum Gasteiger partial charge on any atom is -0.352 e. The lowest BCUT2D eigenvalue weighted by molar-refractivity contribution is -0.121. The SMILES string of the molecule is CC(=O)N(CCC(=O)NCc1cccc(C)c1)c1ccccc1C(C)(C)C. The minimum atomic E-state index is -0.0856. The van der Waals surface area contributed by atoms with Crippen molar-refractivity contribution in [1.82, 2.24) is 5.32 Å². The number of aryl methyl sites for hydroxylation is 1. The Hall–Kier alpha value is -2.62. The zero-order chi connectivity index (χ0) is 20.0. The van der Waals surface area contributed by atoms with Crippen molar-refractivity contribution < 1.29 is 9.59 Å². The largest absolute Gasteiger partial charge is 0.352 e. The second kappa shape index (κ2) is 8.85. The maximum absolute atomic E-state index is 12.3. The van der Waals surface area contributed by atoms with E-state index in [1.165, 1.54) is 5.56 Å². The number of rotatable bonds is 6. The van der Waals surface area contributed by atoms with E-state index in [4.69, 9.17) is 0 Å². The van der Waals surface area contributed by atoms with Gasteiger partial charge in [0.05, 0.1) is 0 Å². The summed E-state index contributed by atoms with van der Waals surface area (Å²) in [5, 5.41) is 2.94. The van der Waals surface area contributed by atoms with Crippen molar-refractivity contribution in [3.63, 3.8) is 0 Å². The van der Waals surface area contributed by atoms with Gasteiger partial charge in [-0.1, -0.05) is 68.8 Å². The number of benzene rings is 2. The normalized spacial score (nSPS) is 11.1. The molecule has 0 aromatic heterocycles. The first-order valence-electron chi connectivity index (χ1n) is 9.38. The fourth-order valence-corrected chi connectivity index (χ4v) is 3.12. The van der Waals surface area contributed by atoms with Crippen LogP contribution in [0.5, 0.6) is 0 Å². The third-order valence-electron chi connectivity index (χ3n) is 4.52. The topological polar surface area (TPSA) is 49.4 Å². The van der Waals surface area contributed by atoms with E-state index in [1.807, 2.05) is 49.4 Å². The summed E-state index contributed by atoms with van der Waals surface area (Å²) in [5.41, 5.74) is 4.13. The smallest absolute Gasteiger partial charge is 0.223 e. The summed E-state index contributed by atoms with van der Waals surface area (Å²) in [4.78, 5) is 26.2. The van der Waals surface area contributed by atoms with Crippen LogP contribution in [-0.4, -0.2) is 18.4 Å². The lowest BCUT2D eigenvalue weighted by Gasteiger charge is -2.29. The van der Waals surface area contributed by atoms with E-state index < -0.39 is 0 Å². The van der Waals surface area contributed by atoms with Gasteiger partial charge in [-0.3, -0.25) is 9.59 Å². The molecule has 0 aliphatic heterocycles. The minimum absolute atomic E-state index is 0.0572. The number of para-hydroxylation sites is 1. The average molecular weight is 367 g/mol. The highest BCUT2D eigenvalue weighted by atomic mass is 16.2. The molecular formula is C23H30N2O2. The summed E-state index contributed by atoms with van der Waals surface area (Å²) in [6.07, 6.45) is 0.268. The number of nitrogens with one attached hydrogen (secondary N) is 1. The monoisotopic (exact) mass is 366 g/mol. The standard InChI is InChI=1S/C23H30N2O2/c1-17-9-8-10-19(15-17)16-24-22(27)13-14-25(18(2)26)21-12-7-6-11-20(21)23(3,4)5/h6-12,15H,13-14,16H2,1-5H3,(H,24,27). The molecule has 4 heteroatoms. The number of hydrogen-bond donors (Lipinski definition) is 1. The summed E-state index contributed by atoms with van der Waals surface area (Å²) >= 11 is 0. The fraction of sp³-hybridized carbons (Fsp3) is 0.391. The molecule has 0 saturated carbocycles. The third-order valence-corrected chi connectivity index (χ3v) is 4.52. The van der Waals surface area contributed by atoms with E-state index in [1.54, 1.807) is 11.8 Å². The third kappa shape index (κ3) is 5.95. The molecule has 0 atom stereocenters. The molecule has 0 fully saturated rings. The van der Waals surface area contributed by atoms with Crippen LogP contribution < -0.4 is 10.2 Å². The Balaban J connectivity index is 2.03. The van der Waals surface area contributed by atoms with Crippen molar-refractivity contribution in [3.8, 4) is 0 Å². The number of carbonyl (C=O) groups is 2. The zero-order valence-electron chi connectivity index (χ0n) is 17.0. The predicted octanol–water partition coefficient (Wildman–Crippen LogP) is 4.35. The van der Waals surface area contributed by atoms with Gasteiger partial charge in [-0.05, 0) is 29.5 Å². The summed E-state index contributed by atoms with van der Waals surface area (Å²) in [6, 6.07) is 16.0. The van der Waals surface area contributed by atoms with Crippen LogP contribution >= 0.6 is 0 Å². The van der Waals surface area contributed by atoms with Crippen molar-refractivity contribution in [3.05, 3.63) is 65.2 Å². The van der Waals surface area contributed by atoms with Crippen molar-refractivity contribution >= 4 is 17.5 Å². The Morgan fingerprint density at radius 2 is 1.74 bits per heavy atom. The van der Waals surface area contributed by atoms with Gasteiger partial charge in [-0.25, -0.2) is 0 Å². The number of carbonyl (C=O) groups excluding carboxylic acids is 2. The molecule has 2 rings (SSSR count). The molecule has 1 N–H and O–H groups in total. The first-order chi connectivity index (χ1) is 12.7. The molecule has 0 aliphatic rings. The number of anilines is 1. The molecule has 27 heavy (non-hydrogen) atoms. The molecule has 2 amide bonds. The van der Waals surface area contributed by atoms with Crippen molar-refractivity contribution in [2.75, 3.05) is 11.4 Å². The van der Waals surface area contributed by atoms with Gasteiger partial charge in [0.2, 0.25) is 11.8 Å². The van der Waals surface area contributed by atoms with Gasteiger partial charge in [0.25, 0.3) is 0 Å². The molecule has 4 nitrogen and oxygen atoms in total. The fourth-order valence-electron chi connectivity index (χ4n) is 3.12.